The maximum Gasteiger partial charge on any atom is 2.00 e. The minimum absolute atomic E-state index is 0. The summed E-state index contributed by atoms with van der Waals surface area (Å²) in [5, 5.41) is 30.6. The van der Waals surface area contributed by atoms with E-state index < -0.39 is 12.3 Å². The molecule has 0 bridgehead atoms. The fraction of sp³-hybridized carbons (Fsp3) is 0. The van der Waals surface area contributed by atoms with Crippen molar-refractivity contribution >= 4 is 12.3 Å². The van der Waals surface area contributed by atoms with Gasteiger partial charge in [0.05, 0.1) is 0 Å². The molecule has 0 aromatic carbocycles. The molecule has 0 aliphatic carbocycles. The van der Waals surface area contributed by atoms with Crippen molar-refractivity contribution in [1.82, 2.24) is 24.6 Å². The Morgan fingerprint density at radius 1 is 0.769 bits per heavy atom. The summed E-state index contributed by atoms with van der Waals surface area (Å²) in [4.78, 5) is 16.9. The van der Waals surface area contributed by atoms with Crippen LogP contribution in [0, 0.1) is 0 Å². The van der Waals surface area contributed by atoms with Crippen LogP contribution in [0.2, 0.25) is 0 Å². The fourth-order valence-corrected chi connectivity index (χ4v) is 0. The Morgan fingerprint density at radius 2 is 0.769 bits per heavy atom. The van der Waals surface area contributed by atoms with Crippen LogP contribution in [0.4, 0.5) is 9.59 Å². The molecule has 0 aliphatic rings. The van der Waals surface area contributed by atoms with E-state index in [4.69, 9.17) is 30.0 Å². The van der Waals surface area contributed by atoms with Gasteiger partial charge in [0.15, 0.2) is 0 Å². The van der Waals surface area contributed by atoms with E-state index in [9.17, 15) is 0 Å². The molecular weight excluding hydrogens is 241 g/mol. The normalized spacial score (nSPS) is 3.69. The second kappa shape index (κ2) is 44.0. The largest absolute Gasteiger partial charge is 2.00 e. The Bertz CT molecular complexity index is 80.6. The summed E-state index contributed by atoms with van der Waals surface area (Å²) in [5.41, 5.74) is 0. The molecule has 14 N–H and O–H groups in total. The molecule has 0 amide bonds. The van der Waals surface area contributed by atoms with E-state index in [1.54, 1.807) is 0 Å². The van der Waals surface area contributed by atoms with Gasteiger partial charge in [-0.2, -0.15) is 0 Å². The first-order valence-corrected chi connectivity index (χ1v) is 1.26. The van der Waals surface area contributed by atoms with Gasteiger partial charge in [-0.25, -0.2) is 0 Å². The molecule has 0 heterocycles. The Balaban J connectivity index is -0.00000000800. The van der Waals surface area contributed by atoms with Gasteiger partial charge < -0.3 is 54.6 Å². The zero-order valence-corrected chi connectivity index (χ0v) is 10.0. The predicted molar refractivity (Wildman–Crippen MR) is 36.1 cm³/mol. The molecule has 11 heteroatoms. The van der Waals surface area contributed by atoms with E-state index in [0.717, 1.165) is 0 Å². The topological polar surface area (TPSA) is 261 Å². The Labute approximate surface area is 87.0 Å². The Kier molecular flexibility index (Phi) is 196. The summed E-state index contributed by atoms with van der Waals surface area (Å²) in [6.07, 6.45) is -4.17. The zero-order valence-electron chi connectivity index (χ0n) is 7.06. The zero-order chi connectivity index (χ0) is 7.15. The van der Waals surface area contributed by atoms with Gasteiger partial charge in [0.2, 0.25) is 12.3 Å². The first kappa shape index (κ1) is 58.1. The van der Waals surface area contributed by atoms with Crippen LogP contribution < -0.4 is 34.8 Å². The minimum atomic E-state index is -2.08. The third kappa shape index (κ3) is 898. The molecule has 0 fully saturated rings. The molecule has 0 atom stereocenters. The van der Waals surface area contributed by atoms with Crippen molar-refractivity contribution < 1.29 is 49.5 Å². The molecular formula is C2H14N4O6Zn. The molecule has 0 unspecified atom stereocenters. The van der Waals surface area contributed by atoms with Crippen molar-refractivity contribution in [1.29, 1.82) is 0 Å². The van der Waals surface area contributed by atoms with Crippen LogP contribution >= 0.6 is 0 Å². The van der Waals surface area contributed by atoms with Crippen molar-refractivity contribution in [2.24, 2.45) is 0 Å². The molecule has 0 aromatic rings. The van der Waals surface area contributed by atoms with Crippen molar-refractivity contribution in [3.05, 3.63) is 0 Å². The molecule has 80 valence electrons. The quantitative estimate of drug-likeness (QED) is 0.270. The summed E-state index contributed by atoms with van der Waals surface area (Å²) in [5.74, 6) is 0. The summed E-state index contributed by atoms with van der Waals surface area (Å²) >= 11 is 0. The smallest absolute Gasteiger partial charge is 0.565 e. The predicted octanol–water partition coefficient (Wildman–Crippen LogP) is -1.58. The number of hydrogen-bond acceptors (Lipinski definition) is 8. The van der Waals surface area contributed by atoms with Crippen LogP contribution in [-0.2, 0) is 19.5 Å². The average Bonchev–Trinajstić information content (AvgIpc) is 1.25. The van der Waals surface area contributed by atoms with Crippen molar-refractivity contribution in [2.75, 3.05) is 0 Å². The van der Waals surface area contributed by atoms with Crippen LogP contribution in [0.3, 0.4) is 0 Å². The number of rotatable bonds is 0. The van der Waals surface area contributed by atoms with E-state index in [1.165, 1.54) is 0 Å². The van der Waals surface area contributed by atoms with Crippen LogP contribution in [-0.4, -0.2) is 22.5 Å². The van der Waals surface area contributed by atoms with E-state index in [-0.39, 0.29) is 44.1 Å². The molecule has 0 radical (unpaired) electrons. The second-order valence-corrected chi connectivity index (χ2v) is 0.532. The second-order valence-electron chi connectivity index (χ2n) is 0.532. The first-order valence-electron chi connectivity index (χ1n) is 1.26. The van der Waals surface area contributed by atoms with Crippen LogP contribution in [0.5, 0.6) is 0 Å². The van der Waals surface area contributed by atoms with Gasteiger partial charge >= 0.3 is 19.5 Å². The van der Waals surface area contributed by atoms with Crippen molar-refractivity contribution in [3.8, 4) is 0 Å². The maximum atomic E-state index is 8.44. The third-order valence-electron chi connectivity index (χ3n) is 0. The van der Waals surface area contributed by atoms with Gasteiger partial charge in [-0.05, 0) is 0 Å². The Hall–Kier alpha value is -0.997. The molecule has 0 aromatic heterocycles. The molecule has 0 rings (SSSR count). The molecule has 13 heavy (non-hydrogen) atoms. The van der Waals surface area contributed by atoms with Gasteiger partial charge in [0.1, 0.15) is 0 Å². The molecule has 0 saturated heterocycles. The maximum absolute atomic E-state index is 8.44. The van der Waals surface area contributed by atoms with Gasteiger partial charge in [-0.3, -0.25) is 0 Å². The van der Waals surface area contributed by atoms with E-state index in [0.29, 0.717) is 0 Å². The molecule has 0 saturated carbocycles. The standard InChI is InChI=1S/2CH2O3.4H3N.Zn/c2*2-1(3)4;;;;;/h2*(H2,2,3,4);4*1H3;/q;;;;;;+2/p-2. The third-order valence-corrected chi connectivity index (χ3v) is 0. The van der Waals surface area contributed by atoms with Gasteiger partial charge in [0.25, 0.3) is 0 Å². The summed E-state index contributed by atoms with van der Waals surface area (Å²) in [6.45, 7) is 0. The molecule has 10 nitrogen and oxygen atoms in total. The van der Waals surface area contributed by atoms with E-state index in [2.05, 4.69) is 0 Å². The van der Waals surface area contributed by atoms with Crippen LogP contribution in [0.1, 0.15) is 0 Å². The average molecular weight is 256 g/mol. The molecule has 0 spiro atoms. The minimum Gasteiger partial charge on any atom is -0.565 e. The fourth-order valence-electron chi connectivity index (χ4n) is 0. The van der Waals surface area contributed by atoms with Crippen LogP contribution in [0.25, 0.3) is 0 Å². The van der Waals surface area contributed by atoms with Gasteiger partial charge in [0, 0.05) is 0 Å². The SMILES string of the molecule is N.N.N.N.O=C([O-])O.O=C([O-])O.[Zn+2]. The van der Waals surface area contributed by atoms with E-state index >= 15 is 0 Å². The Morgan fingerprint density at radius 3 is 0.769 bits per heavy atom. The number of carboxylic acid groups (broad SMARTS) is 4. The van der Waals surface area contributed by atoms with Gasteiger partial charge in [-0.15, -0.1) is 0 Å². The van der Waals surface area contributed by atoms with Gasteiger partial charge in [-0.1, -0.05) is 0 Å². The summed E-state index contributed by atoms with van der Waals surface area (Å²) in [7, 11) is 0. The van der Waals surface area contributed by atoms with Crippen LogP contribution in [0.15, 0.2) is 0 Å². The number of hydrogen-bond donors (Lipinski definition) is 6. The first-order chi connectivity index (χ1) is 3.46. The summed E-state index contributed by atoms with van der Waals surface area (Å²) < 4.78 is 0. The summed E-state index contributed by atoms with van der Waals surface area (Å²) in [6, 6.07) is 0. The number of carbonyl (C=O) groups is 2. The van der Waals surface area contributed by atoms with Crippen molar-refractivity contribution in [2.45, 2.75) is 0 Å². The van der Waals surface area contributed by atoms with Crippen molar-refractivity contribution in [3.63, 3.8) is 0 Å². The van der Waals surface area contributed by atoms with E-state index in [1.807, 2.05) is 0 Å². The molecule has 0 aliphatic heterocycles. The monoisotopic (exact) mass is 254 g/mol.